The maximum absolute atomic E-state index is 5.79. The molecule has 0 unspecified atom stereocenters. The smallest absolute Gasteiger partial charge is 0.221 e. The lowest BCUT2D eigenvalue weighted by atomic mass is 10.0. The van der Waals surface area contributed by atoms with Crippen molar-refractivity contribution in [1.82, 2.24) is 4.98 Å². The van der Waals surface area contributed by atoms with Crippen molar-refractivity contribution < 1.29 is 4.74 Å². The van der Waals surface area contributed by atoms with Gasteiger partial charge < -0.3 is 16.2 Å². The van der Waals surface area contributed by atoms with Crippen LogP contribution in [-0.2, 0) is 0 Å². The second-order valence-electron chi connectivity index (χ2n) is 4.91. The van der Waals surface area contributed by atoms with E-state index in [0.717, 1.165) is 11.3 Å². The van der Waals surface area contributed by atoms with Crippen LogP contribution < -0.4 is 16.2 Å². The Hall–Kier alpha value is -2.23. The van der Waals surface area contributed by atoms with Crippen LogP contribution in [0.15, 0.2) is 30.3 Å². The highest BCUT2D eigenvalue weighted by Gasteiger charge is 2.07. The topological polar surface area (TPSA) is 74.2 Å². The van der Waals surface area contributed by atoms with Gasteiger partial charge in [0.05, 0.1) is 5.69 Å². The molecule has 4 heteroatoms. The lowest BCUT2D eigenvalue weighted by molar-refractivity contribution is 0.459. The zero-order chi connectivity index (χ0) is 14.0. The van der Waals surface area contributed by atoms with Crippen LogP contribution in [0, 0.1) is 6.92 Å². The van der Waals surface area contributed by atoms with E-state index >= 15 is 0 Å². The van der Waals surface area contributed by atoms with Crippen LogP contribution in [0.3, 0.4) is 0 Å². The molecule has 4 nitrogen and oxygen atoms in total. The lowest BCUT2D eigenvalue weighted by Crippen LogP contribution is -1.99. The van der Waals surface area contributed by atoms with Gasteiger partial charge in [0.15, 0.2) is 5.82 Å². The molecule has 1 aromatic heterocycles. The molecule has 0 saturated carbocycles. The van der Waals surface area contributed by atoms with E-state index in [1.807, 2.05) is 19.1 Å². The summed E-state index contributed by atoms with van der Waals surface area (Å²) in [5, 5.41) is 0. The Morgan fingerprint density at radius 2 is 1.84 bits per heavy atom. The summed E-state index contributed by atoms with van der Waals surface area (Å²) in [6, 6.07) is 9.60. The van der Waals surface area contributed by atoms with Gasteiger partial charge in [0, 0.05) is 6.07 Å². The summed E-state index contributed by atoms with van der Waals surface area (Å²) in [7, 11) is 0. The molecule has 0 fully saturated rings. The molecule has 4 N–H and O–H groups in total. The predicted molar refractivity (Wildman–Crippen MR) is 78.4 cm³/mol. The van der Waals surface area contributed by atoms with Gasteiger partial charge in [-0.25, -0.2) is 0 Å². The summed E-state index contributed by atoms with van der Waals surface area (Å²) in [6.07, 6.45) is 0. The van der Waals surface area contributed by atoms with E-state index in [1.54, 1.807) is 12.1 Å². The molecule has 0 aliphatic carbocycles. The fraction of sp³-hybridized carbons (Fsp3) is 0.267. The molecular weight excluding hydrogens is 238 g/mol. The fourth-order valence-electron chi connectivity index (χ4n) is 1.72. The first-order valence-electron chi connectivity index (χ1n) is 6.27. The number of pyridine rings is 1. The summed E-state index contributed by atoms with van der Waals surface area (Å²) in [6.45, 7) is 6.29. The van der Waals surface area contributed by atoms with Gasteiger partial charge in [-0.2, -0.15) is 4.98 Å². The van der Waals surface area contributed by atoms with Crippen LogP contribution in [0.25, 0.3) is 0 Å². The van der Waals surface area contributed by atoms with E-state index < -0.39 is 0 Å². The van der Waals surface area contributed by atoms with E-state index in [0.29, 0.717) is 17.5 Å². The quantitative estimate of drug-likeness (QED) is 0.882. The van der Waals surface area contributed by atoms with Crippen LogP contribution in [0.2, 0.25) is 0 Å². The van der Waals surface area contributed by atoms with Crippen LogP contribution in [-0.4, -0.2) is 4.98 Å². The van der Waals surface area contributed by atoms with Crippen molar-refractivity contribution in [2.75, 3.05) is 11.5 Å². The summed E-state index contributed by atoms with van der Waals surface area (Å²) in [4.78, 5) is 4.11. The van der Waals surface area contributed by atoms with E-state index in [4.69, 9.17) is 16.2 Å². The zero-order valence-corrected chi connectivity index (χ0v) is 11.5. The van der Waals surface area contributed by atoms with E-state index in [2.05, 4.69) is 24.9 Å². The van der Waals surface area contributed by atoms with Crippen molar-refractivity contribution in [3.05, 3.63) is 41.5 Å². The fourth-order valence-corrected chi connectivity index (χ4v) is 1.72. The molecular formula is C15H19N3O. The number of nitrogen functional groups attached to an aromatic ring is 2. The van der Waals surface area contributed by atoms with Gasteiger partial charge in [0.1, 0.15) is 5.75 Å². The Bertz CT molecular complexity index is 594. The minimum absolute atomic E-state index is 0.287. The lowest BCUT2D eigenvalue weighted by Gasteiger charge is -2.12. The van der Waals surface area contributed by atoms with Gasteiger partial charge >= 0.3 is 0 Å². The normalized spacial score (nSPS) is 10.7. The number of nitrogens with zero attached hydrogens (tertiary/aromatic N) is 1. The van der Waals surface area contributed by atoms with Crippen LogP contribution in [0.5, 0.6) is 11.6 Å². The Labute approximate surface area is 113 Å². The molecule has 2 aromatic rings. The molecule has 0 aliphatic rings. The third kappa shape index (κ3) is 2.96. The largest absolute Gasteiger partial charge is 0.439 e. The average Bonchev–Trinajstić information content (AvgIpc) is 2.36. The Balaban J connectivity index is 2.31. The second kappa shape index (κ2) is 5.18. The molecule has 1 heterocycles. The molecule has 0 saturated heterocycles. The molecule has 0 amide bonds. The molecule has 19 heavy (non-hydrogen) atoms. The maximum atomic E-state index is 5.79. The Kier molecular flexibility index (Phi) is 3.60. The van der Waals surface area contributed by atoms with Crippen LogP contribution >= 0.6 is 0 Å². The first kappa shape index (κ1) is 13.2. The highest BCUT2D eigenvalue weighted by molar-refractivity contribution is 5.59. The summed E-state index contributed by atoms with van der Waals surface area (Å²) in [5.74, 6) is 1.99. The van der Waals surface area contributed by atoms with Crippen molar-refractivity contribution in [1.29, 1.82) is 0 Å². The van der Waals surface area contributed by atoms with Crippen molar-refractivity contribution in [3.8, 4) is 11.6 Å². The number of benzene rings is 1. The third-order valence-electron chi connectivity index (χ3n) is 3.03. The van der Waals surface area contributed by atoms with Crippen molar-refractivity contribution in [2.24, 2.45) is 0 Å². The molecule has 0 bridgehead atoms. The van der Waals surface area contributed by atoms with Crippen molar-refractivity contribution in [2.45, 2.75) is 26.7 Å². The second-order valence-corrected chi connectivity index (χ2v) is 4.91. The minimum Gasteiger partial charge on any atom is -0.439 e. The van der Waals surface area contributed by atoms with E-state index in [9.17, 15) is 0 Å². The Morgan fingerprint density at radius 3 is 2.47 bits per heavy atom. The van der Waals surface area contributed by atoms with E-state index in [-0.39, 0.29) is 5.82 Å². The van der Waals surface area contributed by atoms with Crippen LogP contribution in [0.4, 0.5) is 11.5 Å². The average molecular weight is 257 g/mol. The minimum atomic E-state index is 0.287. The molecule has 0 spiro atoms. The number of ether oxygens (including phenoxy) is 1. The first-order chi connectivity index (χ1) is 8.97. The number of hydrogen-bond acceptors (Lipinski definition) is 4. The van der Waals surface area contributed by atoms with Gasteiger partial charge in [-0.1, -0.05) is 26.0 Å². The summed E-state index contributed by atoms with van der Waals surface area (Å²) in [5.41, 5.74) is 14.0. The summed E-state index contributed by atoms with van der Waals surface area (Å²) >= 11 is 0. The number of aromatic nitrogens is 1. The molecule has 1 aromatic carbocycles. The SMILES string of the molecule is Cc1ccc(C(C)C)cc1Oc1ccc(N)c(N)n1. The van der Waals surface area contributed by atoms with Gasteiger partial charge in [-0.15, -0.1) is 0 Å². The van der Waals surface area contributed by atoms with Crippen molar-refractivity contribution in [3.63, 3.8) is 0 Å². The highest BCUT2D eigenvalue weighted by Crippen LogP contribution is 2.28. The van der Waals surface area contributed by atoms with E-state index in [1.165, 1.54) is 5.56 Å². The summed E-state index contributed by atoms with van der Waals surface area (Å²) < 4.78 is 5.79. The predicted octanol–water partition coefficient (Wildman–Crippen LogP) is 3.47. The molecule has 2 rings (SSSR count). The molecule has 0 aliphatic heterocycles. The number of anilines is 2. The van der Waals surface area contributed by atoms with Crippen molar-refractivity contribution >= 4 is 11.5 Å². The Morgan fingerprint density at radius 1 is 1.11 bits per heavy atom. The highest BCUT2D eigenvalue weighted by atomic mass is 16.5. The first-order valence-corrected chi connectivity index (χ1v) is 6.27. The number of nitrogens with two attached hydrogens (primary N) is 2. The van der Waals surface area contributed by atoms with Gasteiger partial charge in [-0.05, 0) is 36.1 Å². The van der Waals surface area contributed by atoms with Crippen LogP contribution in [0.1, 0.15) is 30.9 Å². The standard InChI is InChI=1S/C15H19N3O/c1-9(2)11-5-4-10(3)13(8-11)19-14-7-6-12(16)15(17)18-14/h4-9H,16H2,1-3H3,(H2,17,18). The third-order valence-corrected chi connectivity index (χ3v) is 3.03. The van der Waals surface area contributed by atoms with Gasteiger partial charge in [0.25, 0.3) is 0 Å². The van der Waals surface area contributed by atoms with Gasteiger partial charge in [0.2, 0.25) is 5.88 Å². The molecule has 100 valence electrons. The number of aryl methyl sites for hydroxylation is 1. The molecule has 0 atom stereocenters. The molecule has 0 radical (unpaired) electrons. The number of hydrogen-bond donors (Lipinski definition) is 2. The monoisotopic (exact) mass is 257 g/mol. The number of rotatable bonds is 3. The van der Waals surface area contributed by atoms with Gasteiger partial charge in [-0.3, -0.25) is 0 Å². The zero-order valence-electron chi connectivity index (χ0n) is 11.5. The maximum Gasteiger partial charge on any atom is 0.221 e.